The third kappa shape index (κ3) is 3.49. The van der Waals surface area contributed by atoms with Gasteiger partial charge in [0.15, 0.2) is 0 Å². The predicted molar refractivity (Wildman–Crippen MR) is 119 cm³/mol. The molecular weight excluding hydrogens is 396 g/mol. The highest BCUT2D eigenvalue weighted by molar-refractivity contribution is 6.55. The molecule has 0 bridgehead atoms. The first-order valence-electron chi connectivity index (χ1n) is 10.8. The van der Waals surface area contributed by atoms with Gasteiger partial charge >= 0.3 is 0 Å². The Balaban J connectivity index is 1.63. The van der Waals surface area contributed by atoms with E-state index < -0.39 is 5.54 Å². The summed E-state index contributed by atoms with van der Waals surface area (Å²) in [4.78, 5) is 22.1. The molecule has 1 fully saturated rings. The van der Waals surface area contributed by atoms with Gasteiger partial charge in [0.25, 0.3) is 5.91 Å². The number of carbonyl (C=O) groups is 1. The van der Waals surface area contributed by atoms with Crippen LogP contribution in [0, 0.1) is 11.6 Å². The lowest BCUT2D eigenvalue weighted by Gasteiger charge is -2.40. The van der Waals surface area contributed by atoms with Crippen LogP contribution in [0.3, 0.4) is 0 Å². The normalized spacial score (nSPS) is 21.4. The van der Waals surface area contributed by atoms with Gasteiger partial charge in [0.05, 0.1) is 16.9 Å². The molecule has 3 aliphatic heterocycles. The molecule has 0 spiro atoms. The zero-order chi connectivity index (χ0) is 21.8. The van der Waals surface area contributed by atoms with Crippen molar-refractivity contribution in [2.24, 2.45) is 4.99 Å². The monoisotopic (exact) mass is 421 g/mol. The van der Waals surface area contributed by atoms with Gasteiger partial charge < -0.3 is 0 Å². The quantitative estimate of drug-likeness (QED) is 0.692. The number of aliphatic imine (C=N–C) groups is 1. The molecular formula is C25H25F2N3O. The Kier molecular flexibility index (Phi) is 4.77. The molecule has 0 atom stereocenters. The molecule has 0 aliphatic carbocycles. The number of piperidine rings is 1. The van der Waals surface area contributed by atoms with Gasteiger partial charge in [-0.15, -0.1) is 0 Å². The zero-order valence-electron chi connectivity index (χ0n) is 17.8. The molecule has 1 amide bonds. The molecule has 0 unspecified atom stereocenters. The molecule has 0 radical (unpaired) electrons. The fraction of sp³-hybridized carbons (Fsp3) is 0.360. The summed E-state index contributed by atoms with van der Waals surface area (Å²) in [6.45, 7) is 6.81. The van der Waals surface area contributed by atoms with Crippen LogP contribution in [-0.4, -0.2) is 41.7 Å². The molecule has 3 heterocycles. The second-order valence-corrected chi connectivity index (χ2v) is 9.09. The molecule has 6 heteroatoms. The van der Waals surface area contributed by atoms with Crippen molar-refractivity contribution in [3.63, 3.8) is 0 Å². The number of benzene rings is 2. The number of halogens is 2. The standard InChI is InChI=1S/C25H25F2N3O/c1-25(2)14-16(15-29-10-4-3-5-11-29)20-12-18(27)13-21-22(24(31)30(25)23(20)21)28-19-8-6-17(26)7-9-19/h6-9,12-14H,3-5,10-11,15H2,1-2H3. The maximum atomic E-state index is 14.7. The number of anilines is 1. The van der Waals surface area contributed by atoms with E-state index in [0.29, 0.717) is 11.3 Å². The van der Waals surface area contributed by atoms with Crippen molar-refractivity contribution in [2.75, 3.05) is 24.5 Å². The van der Waals surface area contributed by atoms with Gasteiger partial charge in [-0.25, -0.2) is 13.8 Å². The first kappa shape index (κ1) is 20.1. The molecule has 5 rings (SSSR count). The van der Waals surface area contributed by atoms with Crippen LogP contribution in [-0.2, 0) is 4.79 Å². The van der Waals surface area contributed by atoms with Crippen LogP contribution in [0.25, 0.3) is 5.57 Å². The topological polar surface area (TPSA) is 35.9 Å². The zero-order valence-corrected chi connectivity index (χ0v) is 17.8. The Morgan fingerprint density at radius 1 is 0.968 bits per heavy atom. The van der Waals surface area contributed by atoms with Crippen LogP contribution in [0.1, 0.15) is 44.2 Å². The summed E-state index contributed by atoms with van der Waals surface area (Å²) in [6, 6.07) is 8.56. The largest absolute Gasteiger partial charge is 0.299 e. The van der Waals surface area contributed by atoms with Crippen molar-refractivity contribution < 1.29 is 13.6 Å². The highest BCUT2D eigenvalue weighted by Crippen LogP contribution is 2.46. The van der Waals surface area contributed by atoms with E-state index in [1.54, 1.807) is 4.90 Å². The predicted octanol–water partition coefficient (Wildman–Crippen LogP) is 5.09. The molecule has 31 heavy (non-hydrogen) atoms. The third-order valence-corrected chi connectivity index (χ3v) is 6.32. The lowest BCUT2D eigenvalue weighted by molar-refractivity contribution is -0.112. The van der Waals surface area contributed by atoms with Gasteiger partial charge in [-0.1, -0.05) is 12.5 Å². The van der Waals surface area contributed by atoms with Gasteiger partial charge in [-0.3, -0.25) is 14.6 Å². The molecule has 1 saturated heterocycles. The van der Waals surface area contributed by atoms with Crippen molar-refractivity contribution >= 4 is 28.6 Å². The molecule has 2 aromatic rings. The van der Waals surface area contributed by atoms with Crippen LogP contribution >= 0.6 is 0 Å². The summed E-state index contributed by atoms with van der Waals surface area (Å²) >= 11 is 0. The average Bonchev–Trinajstić information content (AvgIpc) is 3.01. The molecule has 0 aromatic heterocycles. The van der Waals surface area contributed by atoms with E-state index in [0.717, 1.165) is 36.5 Å². The number of likely N-dealkylation sites (tertiary alicyclic amines) is 1. The molecule has 3 aliphatic rings. The van der Waals surface area contributed by atoms with Gasteiger partial charge in [0.2, 0.25) is 0 Å². The summed E-state index contributed by atoms with van der Waals surface area (Å²) in [7, 11) is 0. The lowest BCUT2D eigenvalue weighted by Crippen LogP contribution is -2.48. The molecule has 160 valence electrons. The number of hydrogen-bond acceptors (Lipinski definition) is 3. The Labute approximate surface area is 180 Å². The van der Waals surface area contributed by atoms with Gasteiger partial charge in [-0.05, 0) is 81.7 Å². The summed E-state index contributed by atoms with van der Waals surface area (Å²) in [5.74, 6) is -1.02. The molecule has 0 saturated carbocycles. The van der Waals surface area contributed by atoms with E-state index in [1.807, 2.05) is 13.8 Å². The van der Waals surface area contributed by atoms with Crippen LogP contribution in [0.4, 0.5) is 20.2 Å². The summed E-state index contributed by atoms with van der Waals surface area (Å²) in [5, 5.41) is 0. The van der Waals surface area contributed by atoms with Gasteiger partial charge in [0.1, 0.15) is 17.3 Å². The number of amides is 1. The van der Waals surface area contributed by atoms with E-state index >= 15 is 0 Å². The van der Waals surface area contributed by atoms with Crippen molar-refractivity contribution in [3.05, 3.63) is 65.2 Å². The minimum atomic E-state index is -0.568. The van der Waals surface area contributed by atoms with Crippen LogP contribution in [0.15, 0.2) is 47.5 Å². The van der Waals surface area contributed by atoms with Crippen molar-refractivity contribution in [3.8, 4) is 0 Å². The first-order valence-corrected chi connectivity index (χ1v) is 10.8. The second kappa shape index (κ2) is 7.38. The number of hydrogen-bond donors (Lipinski definition) is 0. The number of rotatable bonds is 3. The second-order valence-electron chi connectivity index (χ2n) is 9.09. The van der Waals surface area contributed by atoms with Gasteiger partial charge in [-0.2, -0.15) is 0 Å². The third-order valence-electron chi connectivity index (χ3n) is 6.32. The van der Waals surface area contributed by atoms with Crippen molar-refractivity contribution in [1.29, 1.82) is 0 Å². The molecule has 0 N–H and O–H groups in total. The highest BCUT2D eigenvalue weighted by atomic mass is 19.1. The minimum absolute atomic E-state index is 0.197. The fourth-order valence-electron chi connectivity index (χ4n) is 4.95. The van der Waals surface area contributed by atoms with Crippen molar-refractivity contribution in [1.82, 2.24) is 4.90 Å². The van der Waals surface area contributed by atoms with E-state index in [2.05, 4.69) is 16.0 Å². The van der Waals surface area contributed by atoms with E-state index in [1.165, 1.54) is 55.7 Å². The maximum Gasteiger partial charge on any atom is 0.278 e. The summed E-state index contributed by atoms with van der Waals surface area (Å²) in [5.41, 5.74) is 3.13. The number of nitrogens with zero attached hydrogens (tertiary/aromatic N) is 3. The van der Waals surface area contributed by atoms with E-state index in [9.17, 15) is 13.6 Å². The Bertz CT molecular complexity index is 1110. The van der Waals surface area contributed by atoms with Gasteiger partial charge in [0, 0.05) is 17.7 Å². The van der Waals surface area contributed by atoms with E-state index in [4.69, 9.17) is 0 Å². The maximum absolute atomic E-state index is 14.7. The van der Waals surface area contributed by atoms with Crippen LogP contribution in [0.2, 0.25) is 0 Å². The molecule has 4 nitrogen and oxygen atoms in total. The SMILES string of the molecule is CC1(C)C=C(CN2CCCCC2)c2cc(F)cc3c2N1C(=O)C3=Nc1ccc(F)cc1. The first-order chi connectivity index (χ1) is 14.8. The van der Waals surface area contributed by atoms with Crippen LogP contribution in [0.5, 0.6) is 0 Å². The van der Waals surface area contributed by atoms with Crippen molar-refractivity contribution in [2.45, 2.75) is 38.6 Å². The average molecular weight is 421 g/mol. The minimum Gasteiger partial charge on any atom is -0.299 e. The Morgan fingerprint density at radius 2 is 1.65 bits per heavy atom. The van der Waals surface area contributed by atoms with E-state index in [-0.39, 0.29) is 23.3 Å². The smallest absolute Gasteiger partial charge is 0.278 e. The lowest BCUT2D eigenvalue weighted by atomic mass is 9.87. The van der Waals surface area contributed by atoms with Crippen LogP contribution < -0.4 is 4.90 Å². The Morgan fingerprint density at radius 3 is 2.35 bits per heavy atom. The number of carbonyl (C=O) groups excluding carboxylic acids is 1. The fourth-order valence-corrected chi connectivity index (χ4v) is 4.95. The molecule has 2 aromatic carbocycles. The summed E-state index contributed by atoms with van der Waals surface area (Å²) in [6.07, 6.45) is 5.70. The highest BCUT2D eigenvalue weighted by Gasteiger charge is 2.46. The Hall–Kier alpha value is -2.86. The summed E-state index contributed by atoms with van der Waals surface area (Å²) < 4.78 is 28.0.